The van der Waals surface area contributed by atoms with E-state index in [2.05, 4.69) is 0 Å². The number of methoxy groups -OCH3 is 1. The number of likely N-dealkylation sites (tertiary alicyclic amines) is 1. The number of amides is 1. The molecule has 0 spiro atoms. The minimum atomic E-state index is -0.965. The van der Waals surface area contributed by atoms with Gasteiger partial charge in [0.2, 0.25) is 5.91 Å². The van der Waals surface area contributed by atoms with Crippen molar-refractivity contribution in [1.82, 2.24) is 4.90 Å². The molecule has 0 aromatic heterocycles. The maximum atomic E-state index is 11.6. The lowest BCUT2D eigenvalue weighted by molar-refractivity contribution is -0.146. The highest BCUT2D eigenvalue weighted by atomic mass is 16.5. The van der Waals surface area contributed by atoms with Crippen molar-refractivity contribution in [3.8, 4) is 11.5 Å². The molecule has 1 aliphatic rings. The molecular weight excluding hydrogens is 262 g/mol. The van der Waals surface area contributed by atoms with E-state index < -0.39 is 12.0 Å². The molecule has 0 radical (unpaired) electrons. The van der Waals surface area contributed by atoms with Crippen LogP contribution < -0.4 is 9.47 Å². The van der Waals surface area contributed by atoms with Crippen LogP contribution in [-0.2, 0) is 9.59 Å². The van der Waals surface area contributed by atoms with E-state index in [4.69, 9.17) is 14.6 Å². The molecule has 1 atom stereocenters. The third-order valence-corrected chi connectivity index (χ3v) is 3.27. The zero-order valence-electron chi connectivity index (χ0n) is 11.2. The van der Waals surface area contributed by atoms with Gasteiger partial charge in [0.25, 0.3) is 0 Å². The summed E-state index contributed by atoms with van der Waals surface area (Å²) in [6.45, 7) is 0.490. The molecule has 1 amide bonds. The molecule has 20 heavy (non-hydrogen) atoms. The van der Waals surface area contributed by atoms with E-state index in [0.29, 0.717) is 17.9 Å². The predicted molar refractivity (Wildman–Crippen MR) is 70.9 cm³/mol. The number of aliphatic carboxylic acids is 1. The summed E-state index contributed by atoms with van der Waals surface area (Å²) in [6, 6.07) is 6.45. The number of para-hydroxylation sites is 2. The first-order chi connectivity index (χ1) is 9.63. The minimum Gasteiger partial charge on any atom is -0.493 e. The average molecular weight is 279 g/mol. The fraction of sp³-hybridized carbons (Fsp3) is 0.429. The van der Waals surface area contributed by atoms with Crippen LogP contribution >= 0.6 is 0 Å². The van der Waals surface area contributed by atoms with Crippen molar-refractivity contribution in [2.45, 2.75) is 18.9 Å². The minimum absolute atomic E-state index is 0.138. The van der Waals surface area contributed by atoms with Crippen molar-refractivity contribution in [3.63, 3.8) is 0 Å². The smallest absolute Gasteiger partial charge is 0.326 e. The van der Waals surface area contributed by atoms with Crippen LogP contribution in [0.1, 0.15) is 12.8 Å². The number of rotatable bonds is 6. The van der Waals surface area contributed by atoms with E-state index in [9.17, 15) is 9.59 Å². The summed E-state index contributed by atoms with van der Waals surface area (Å²) in [5, 5.41) is 9.05. The van der Waals surface area contributed by atoms with Crippen LogP contribution in [0.25, 0.3) is 0 Å². The molecule has 1 fully saturated rings. The largest absolute Gasteiger partial charge is 0.493 e. The highest BCUT2D eigenvalue weighted by Gasteiger charge is 2.35. The first-order valence-corrected chi connectivity index (χ1v) is 6.41. The van der Waals surface area contributed by atoms with E-state index in [0.717, 1.165) is 0 Å². The van der Waals surface area contributed by atoms with Crippen LogP contribution in [0, 0.1) is 0 Å². The van der Waals surface area contributed by atoms with Gasteiger partial charge in [-0.3, -0.25) is 4.79 Å². The quantitative estimate of drug-likeness (QED) is 0.845. The van der Waals surface area contributed by atoms with Gasteiger partial charge in [-0.15, -0.1) is 0 Å². The summed E-state index contributed by atoms with van der Waals surface area (Å²) >= 11 is 0. The SMILES string of the molecule is COc1ccccc1OCCN1C(=O)CCC1C(=O)O. The van der Waals surface area contributed by atoms with Crippen LogP contribution in [0.5, 0.6) is 11.5 Å². The van der Waals surface area contributed by atoms with Gasteiger partial charge in [0.1, 0.15) is 12.6 Å². The fourth-order valence-electron chi connectivity index (χ4n) is 2.26. The fourth-order valence-corrected chi connectivity index (χ4v) is 2.26. The average Bonchev–Trinajstić information content (AvgIpc) is 2.81. The topological polar surface area (TPSA) is 76.1 Å². The Morgan fingerprint density at radius 3 is 2.75 bits per heavy atom. The van der Waals surface area contributed by atoms with Crippen molar-refractivity contribution >= 4 is 11.9 Å². The molecule has 1 unspecified atom stereocenters. The molecule has 0 bridgehead atoms. The number of hydrogen-bond acceptors (Lipinski definition) is 4. The summed E-state index contributed by atoms with van der Waals surface area (Å²) in [4.78, 5) is 24.0. The van der Waals surface area contributed by atoms with Crippen molar-refractivity contribution in [2.75, 3.05) is 20.3 Å². The summed E-state index contributed by atoms with van der Waals surface area (Å²) < 4.78 is 10.7. The monoisotopic (exact) mass is 279 g/mol. The molecule has 1 N–H and O–H groups in total. The standard InChI is InChI=1S/C14H17NO5/c1-19-11-4-2-3-5-12(11)20-9-8-15-10(14(17)18)6-7-13(15)16/h2-5,10H,6-9H2,1H3,(H,17,18). The third kappa shape index (κ3) is 3.01. The number of hydrogen-bond donors (Lipinski definition) is 1. The lowest BCUT2D eigenvalue weighted by Crippen LogP contribution is -2.40. The molecule has 1 aromatic carbocycles. The summed E-state index contributed by atoms with van der Waals surface area (Å²) in [6.07, 6.45) is 0.647. The molecule has 6 heteroatoms. The number of carboxylic acid groups (broad SMARTS) is 1. The Hall–Kier alpha value is -2.24. The Labute approximate surface area is 116 Å². The molecule has 108 valence electrons. The number of nitrogens with zero attached hydrogens (tertiary/aromatic N) is 1. The highest BCUT2D eigenvalue weighted by molar-refractivity contribution is 5.87. The first kappa shape index (κ1) is 14.2. The number of carbonyl (C=O) groups is 2. The predicted octanol–water partition coefficient (Wildman–Crippen LogP) is 1.15. The second kappa shape index (κ2) is 6.27. The Balaban J connectivity index is 1.92. The molecule has 2 rings (SSSR count). The second-order valence-electron chi connectivity index (χ2n) is 4.48. The van der Waals surface area contributed by atoms with Crippen molar-refractivity contribution in [3.05, 3.63) is 24.3 Å². The summed E-state index contributed by atoms with van der Waals surface area (Å²) in [5.74, 6) is 0.0812. The normalized spacial score (nSPS) is 18.1. The van der Waals surface area contributed by atoms with E-state index >= 15 is 0 Å². The van der Waals surface area contributed by atoms with Gasteiger partial charge in [-0.25, -0.2) is 4.79 Å². The van der Waals surface area contributed by atoms with Crippen molar-refractivity contribution in [1.29, 1.82) is 0 Å². The van der Waals surface area contributed by atoms with Crippen LogP contribution in [0.4, 0.5) is 0 Å². The van der Waals surface area contributed by atoms with Crippen molar-refractivity contribution in [2.24, 2.45) is 0 Å². The molecule has 0 saturated carbocycles. The van der Waals surface area contributed by atoms with Gasteiger partial charge in [-0.2, -0.15) is 0 Å². The summed E-state index contributed by atoms with van der Waals surface area (Å²) in [5.41, 5.74) is 0. The molecule has 1 heterocycles. The molecule has 1 aromatic rings. The number of ether oxygens (including phenoxy) is 2. The Morgan fingerprint density at radius 2 is 2.10 bits per heavy atom. The molecular formula is C14H17NO5. The number of carbonyl (C=O) groups excluding carboxylic acids is 1. The molecule has 1 aliphatic heterocycles. The van der Waals surface area contributed by atoms with Gasteiger partial charge >= 0.3 is 5.97 Å². The number of benzene rings is 1. The highest BCUT2D eigenvalue weighted by Crippen LogP contribution is 2.26. The molecule has 6 nitrogen and oxygen atoms in total. The van der Waals surface area contributed by atoms with Gasteiger partial charge in [-0.1, -0.05) is 12.1 Å². The van der Waals surface area contributed by atoms with E-state index in [1.54, 1.807) is 19.2 Å². The number of carboxylic acids is 1. The van der Waals surface area contributed by atoms with E-state index in [1.807, 2.05) is 12.1 Å². The molecule has 0 aliphatic carbocycles. The maximum Gasteiger partial charge on any atom is 0.326 e. The van der Waals surface area contributed by atoms with Gasteiger partial charge in [-0.05, 0) is 18.6 Å². The van der Waals surface area contributed by atoms with Gasteiger partial charge in [0.15, 0.2) is 11.5 Å². The molecule has 1 saturated heterocycles. The zero-order chi connectivity index (χ0) is 14.5. The Kier molecular flexibility index (Phi) is 4.45. The van der Waals surface area contributed by atoms with Crippen LogP contribution in [-0.4, -0.2) is 48.2 Å². The first-order valence-electron chi connectivity index (χ1n) is 6.41. The van der Waals surface area contributed by atoms with Crippen LogP contribution in [0.15, 0.2) is 24.3 Å². The second-order valence-corrected chi connectivity index (χ2v) is 4.48. The lowest BCUT2D eigenvalue weighted by atomic mass is 10.2. The van der Waals surface area contributed by atoms with E-state index in [-0.39, 0.29) is 25.5 Å². The third-order valence-electron chi connectivity index (χ3n) is 3.27. The van der Waals surface area contributed by atoms with Gasteiger partial charge in [0.05, 0.1) is 13.7 Å². The lowest BCUT2D eigenvalue weighted by Gasteiger charge is -2.21. The Bertz CT molecular complexity index is 502. The zero-order valence-corrected chi connectivity index (χ0v) is 11.2. The summed E-state index contributed by atoms with van der Waals surface area (Å²) in [7, 11) is 1.55. The van der Waals surface area contributed by atoms with Crippen LogP contribution in [0.3, 0.4) is 0 Å². The van der Waals surface area contributed by atoms with E-state index in [1.165, 1.54) is 4.90 Å². The van der Waals surface area contributed by atoms with Gasteiger partial charge < -0.3 is 19.5 Å². The maximum absolute atomic E-state index is 11.6. The van der Waals surface area contributed by atoms with Crippen LogP contribution in [0.2, 0.25) is 0 Å². The van der Waals surface area contributed by atoms with Crippen molar-refractivity contribution < 1.29 is 24.2 Å². The van der Waals surface area contributed by atoms with Gasteiger partial charge in [0, 0.05) is 6.42 Å². The Morgan fingerprint density at radius 1 is 1.40 bits per heavy atom.